The topological polar surface area (TPSA) is 63.1 Å². The summed E-state index contributed by atoms with van der Waals surface area (Å²) in [6, 6.07) is 0. The number of hydrogen-bond acceptors (Lipinski definition) is 4. The third-order valence-electron chi connectivity index (χ3n) is 3.40. The summed E-state index contributed by atoms with van der Waals surface area (Å²) in [6.07, 6.45) is 8.45. The zero-order chi connectivity index (χ0) is 12.3. The van der Waals surface area contributed by atoms with Gasteiger partial charge in [0.2, 0.25) is 0 Å². The zero-order valence-electron chi connectivity index (χ0n) is 9.49. The molecule has 0 radical (unpaired) electrons. The average Bonchev–Trinajstić information content (AvgIpc) is 2.39. The van der Waals surface area contributed by atoms with Gasteiger partial charge in [-0.1, -0.05) is 6.42 Å². The number of carbonyl (C=O) groups is 1. The number of carboxylic acids is 1. The molecule has 1 aromatic heterocycles. The maximum Gasteiger partial charge on any atom is 0.306 e. The van der Waals surface area contributed by atoms with E-state index in [1.807, 2.05) is 0 Å². The Morgan fingerprint density at radius 2 is 2.29 bits per heavy atom. The van der Waals surface area contributed by atoms with Crippen molar-refractivity contribution in [2.75, 3.05) is 0 Å². The van der Waals surface area contributed by atoms with Gasteiger partial charge in [-0.15, -0.1) is 0 Å². The number of carboxylic acid groups (broad SMARTS) is 1. The van der Waals surface area contributed by atoms with Gasteiger partial charge in [0.1, 0.15) is 0 Å². The van der Waals surface area contributed by atoms with Crippen LogP contribution in [0.1, 0.15) is 36.6 Å². The molecule has 1 N–H and O–H groups in total. The molecule has 4 nitrogen and oxygen atoms in total. The highest BCUT2D eigenvalue weighted by atomic mass is 32.1. The van der Waals surface area contributed by atoms with E-state index >= 15 is 0 Å². The quantitative estimate of drug-likeness (QED) is 0.810. The van der Waals surface area contributed by atoms with E-state index in [0.717, 1.165) is 25.0 Å². The van der Waals surface area contributed by atoms with Gasteiger partial charge in [-0.25, -0.2) is 0 Å². The fraction of sp³-hybridized carbons (Fsp3) is 0.583. The smallest absolute Gasteiger partial charge is 0.306 e. The highest BCUT2D eigenvalue weighted by Crippen LogP contribution is 2.39. The predicted molar refractivity (Wildman–Crippen MR) is 66.8 cm³/mol. The molecule has 1 fully saturated rings. The zero-order valence-corrected chi connectivity index (χ0v) is 10.4. The molecule has 92 valence electrons. The molecule has 1 heterocycles. The van der Waals surface area contributed by atoms with Crippen LogP contribution in [0.4, 0.5) is 0 Å². The van der Waals surface area contributed by atoms with Crippen LogP contribution >= 0.6 is 12.6 Å². The molecule has 0 aliphatic heterocycles. The third kappa shape index (κ3) is 2.97. The molecule has 0 amide bonds. The summed E-state index contributed by atoms with van der Waals surface area (Å²) in [5.41, 5.74) is 0.840. The van der Waals surface area contributed by atoms with E-state index in [-0.39, 0.29) is 17.1 Å². The number of aromatic nitrogens is 2. The van der Waals surface area contributed by atoms with Crippen molar-refractivity contribution in [3.05, 3.63) is 24.3 Å². The van der Waals surface area contributed by atoms with Crippen molar-refractivity contribution in [2.24, 2.45) is 11.8 Å². The van der Waals surface area contributed by atoms with Gasteiger partial charge >= 0.3 is 5.97 Å². The van der Waals surface area contributed by atoms with Gasteiger partial charge in [0.15, 0.2) is 0 Å². The summed E-state index contributed by atoms with van der Waals surface area (Å²) in [6.45, 7) is 0. The van der Waals surface area contributed by atoms with Crippen molar-refractivity contribution in [3.8, 4) is 0 Å². The van der Waals surface area contributed by atoms with Crippen LogP contribution in [0.5, 0.6) is 0 Å². The molecule has 1 saturated carbocycles. The molecular formula is C12H16N2O2S. The average molecular weight is 252 g/mol. The second kappa shape index (κ2) is 5.49. The van der Waals surface area contributed by atoms with E-state index in [4.69, 9.17) is 5.11 Å². The molecule has 5 heteroatoms. The first-order valence-electron chi connectivity index (χ1n) is 5.85. The molecule has 17 heavy (non-hydrogen) atoms. The molecule has 2 rings (SSSR count). The minimum Gasteiger partial charge on any atom is -0.481 e. The molecule has 0 spiro atoms. The third-order valence-corrected chi connectivity index (χ3v) is 4.08. The molecule has 0 bridgehead atoms. The molecule has 1 aromatic rings. The summed E-state index contributed by atoms with van der Waals surface area (Å²) >= 11 is 4.58. The number of thiol groups is 1. The van der Waals surface area contributed by atoms with Gasteiger partial charge in [0.05, 0.1) is 11.6 Å². The number of hydrogen-bond donors (Lipinski definition) is 2. The summed E-state index contributed by atoms with van der Waals surface area (Å²) in [5, 5.41) is 9.05. The molecule has 3 unspecified atom stereocenters. The van der Waals surface area contributed by atoms with Crippen LogP contribution in [0.3, 0.4) is 0 Å². The van der Waals surface area contributed by atoms with Crippen LogP contribution in [0, 0.1) is 11.8 Å². The second-order valence-corrected chi connectivity index (χ2v) is 5.09. The molecular weight excluding hydrogens is 236 g/mol. The lowest BCUT2D eigenvalue weighted by molar-refractivity contribution is -0.143. The van der Waals surface area contributed by atoms with Crippen molar-refractivity contribution >= 4 is 18.6 Å². The van der Waals surface area contributed by atoms with Gasteiger partial charge in [-0.2, -0.15) is 12.6 Å². The molecule has 0 aromatic carbocycles. The standard InChI is InChI=1S/C12H16N2O2S/c15-12(16)9-3-1-2-8(6-9)11(17)10-7-13-4-5-14-10/h4-5,7-9,11,17H,1-3,6H2,(H,15,16). The van der Waals surface area contributed by atoms with Crippen molar-refractivity contribution in [2.45, 2.75) is 30.9 Å². The first-order chi connectivity index (χ1) is 8.18. The Hall–Kier alpha value is -1.10. The molecule has 1 aliphatic carbocycles. The Balaban J connectivity index is 2.05. The van der Waals surface area contributed by atoms with Gasteiger partial charge in [0, 0.05) is 23.8 Å². The van der Waals surface area contributed by atoms with E-state index in [1.54, 1.807) is 18.6 Å². The Kier molecular flexibility index (Phi) is 3.99. The Bertz CT molecular complexity index is 385. The Labute approximate surface area is 106 Å². The first kappa shape index (κ1) is 12.4. The van der Waals surface area contributed by atoms with Crippen LogP contribution in [0.15, 0.2) is 18.6 Å². The number of rotatable bonds is 3. The summed E-state index contributed by atoms with van der Waals surface area (Å²) < 4.78 is 0. The van der Waals surface area contributed by atoms with Gasteiger partial charge in [-0.3, -0.25) is 14.8 Å². The Morgan fingerprint density at radius 1 is 1.47 bits per heavy atom. The monoisotopic (exact) mass is 252 g/mol. The van der Waals surface area contributed by atoms with E-state index in [9.17, 15) is 4.79 Å². The van der Waals surface area contributed by atoms with E-state index < -0.39 is 5.97 Å². The normalized spacial score (nSPS) is 26.4. The van der Waals surface area contributed by atoms with Crippen LogP contribution < -0.4 is 0 Å². The fourth-order valence-electron chi connectivity index (χ4n) is 2.44. The van der Waals surface area contributed by atoms with Crippen LogP contribution in [0.25, 0.3) is 0 Å². The SMILES string of the molecule is O=C(O)C1CCCC(C(S)c2cnccn2)C1. The van der Waals surface area contributed by atoms with Crippen molar-refractivity contribution in [1.29, 1.82) is 0 Å². The second-order valence-electron chi connectivity index (χ2n) is 4.54. The lowest BCUT2D eigenvalue weighted by Gasteiger charge is -2.30. The molecule has 3 atom stereocenters. The summed E-state index contributed by atoms with van der Waals surface area (Å²) in [4.78, 5) is 19.3. The maximum atomic E-state index is 11.0. The van der Waals surface area contributed by atoms with E-state index in [1.165, 1.54) is 0 Å². The first-order valence-corrected chi connectivity index (χ1v) is 6.37. The largest absolute Gasteiger partial charge is 0.481 e. The predicted octanol–water partition coefficient (Wildman–Crippen LogP) is 2.34. The van der Waals surface area contributed by atoms with Gasteiger partial charge in [-0.05, 0) is 25.2 Å². The highest BCUT2D eigenvalue weighted by Gasteiger charge is 2.31. The minimum atomic E-state index is -0.686. The summed E-state index contributed by atoms with van der Waals surface area (Å²) in [7, 11) is 0. The minimum absolute atomic E-state index is 0.00847. The fourth-order valence-corrected chi connectivity index (χ4v) is 2.85. The summed E-state index contributed by atoms with van der Waals surface area (Å²) in [5.74, 6) is -0.626. The van der Waals surface area contributed by atoms with Gasteiger partial charge < -0.3 is 5.11 Å². The van der Waals surface area contributed by atoms with E-state index in [2.05, 4.69) is 22.6 Å². The molecule has 0 saturated heterocycles. The lowest BCUT2D eigenvalue weighted by Crippen LogP contribution is -2.25. The number of nitrogens with zero attached hydrogens (tertiary/aromatic N) is 2. The van der Waals surface area contributed by atoms with E-state index in [0.29, 0.717) is 6.42 Å². The molecule has 1 aliphatic rings. The van der Waals surface area contributed by atoms with Crippen LogP contribution in [-0.2, 0) is 4.79 Å². The van der Waals surface area contributed by atoms with Crippen molar-refractivity contribution < 1.29 is 9.90 Å². The Morgan fingerprint density at radius 3 is 2.94 bits per heavy atom. The van der Waals surface area contributed by atoms with Crippen molar-refractivity contribution in [1.82, 2.24) is 9.97 Å². The maximum absolute atomic E-state index is 11.0. The van der Waals surface area contributed by atoms with Crippen LogP contribution in [-0.4, -0.2) is 21.0 Å². The highest BCUT2D eigenvalue weighted by molar-refractivity contribution is 7.80. The number of aliphatic carboxylic acids is 1. The van der Waals surface area contributed by atoms with Gasteiger partial charge in [0.25, 0.3) is 0 Å². The van der Waals surface area contributed by atoms with Crippen molar-refractivity contribution in [3.63, 3.8) is 0 Å². The lowest BCUT2D eigenvalue weighted by atomic mass is 9.79. The van der Waals surface area contributed by atoms with Crippen LogP contribution in [0.2, 0.25) is 0 Å².